The molecule has 15 heavy (non-hydrogen) atoms. The summed E-state index contributed by atoms with van der Waals surface area (Å²) in [6.07, 6.45) is 1.77. The minimum atomic E-state index is -1.76. The van der Waals surface area contributed by atoms with E-state index in [0.717, 1.165) is 12.8 Å². The van der Waals surface area contributed by atoms with Crippen molar-refractivity contribution in [3.05, 3.63) is 34.9 Å². The number of hydrogen-bond donors (Lipinski definition) is 0. The zero-order valence-electron chi connectivity index (χ0n) is 7.54. The summed E-state index contributed by atoms with van der Waals surface area (Å²) in [4.78, 5) is -0.442. The molecule has 1 aliphatic rings. The molecule has 1 aromatic carbocycles. The summed E-state index contributed by atoms with van der Waals surface area (Å²) in [5, 5.41) is 0. The first-order chi connectivity index (χ1) is 7.02. The molecule has 0 radical (unpaired) electrons. The van der Waals surface area contributed by atoms with Crippen molar-refractivity contribution in [1.82, 2.24) is 0 Å². The molecular formula is C10H7BrF4. The van der Waals surface area contributed by atoms with Crippen LogP contribution in [0.2, 0.25) is 0 Å². The summed E-state index contributed by atoms with van der Waals surface area (Å²) in [7, 11) is 0. The minimum Gasteiger partial charge on any atom is -0.204 e. The molecule has 1 unspecified atom stereocenters. The minimum absolute atomic E-state index is 0.145. The first kappa shape index (κ1) is 10.9. The molecule has 5 heteroatoms. The van der Waals surface area contributed by atoms with Crippen LogP contribution in [0, 0.1) is 29.2 Å². The quantitative estimate of drug-likeness (QED) is 0.332. The lowest BCUT2D eigenvalue weighted by molar-refractivity contribution is 0.402. The largest absolute Gasteiger partial charge is 0.204 e. The summed E-state index contributed by atoms with van der Waals surface area (Å²) in [6.45, 7) is 0. The maximum atomic E-state index is 13.3. The lowest BCUT2D eigenvalue weighted by Gasteiger charge is -2.11. The van der Waals surface area contributed by atoms with Gasteiger partial charge in [0.2, 0.25) is 0 Å². The van der Waals surface area contributed by atoms with Gasteiger partial charge in [0.25, 0.3) is 0 Å². The highest BCUT2D eigenvalue weighted by Crippen LogP contribution is 2.47. The Balaban J connectivity index is 2.46. The van der Waals surface area contributed by atoms with Gasteiger partial charge in [-0.05, 0) is 24.8 Å². The highest BCUT2D eigenvalue weighted by Gasteiger charge is 2.34. The molecule has 0 amide bonds. The Morgan fingerprint density at radius 1 is 1.07 bits per heavy atom. The fraction of sp³-hybridized carbons (Fsp3) is 0.400. The van der Waals surface area contributed by atoms with Gasteiger partial charge in [-0.25, -0.2) is 17.6 Å². The Kier molecular flexibility index (Phi) is 2.75. The van der Waals surface area contributed by atoms with Crippen LogP contribution in [0.25, 0.3) is 0 Å². The zero-order chi connectivity index (χ0) is 11.2. The smallest absolute Gasteiger partial charge is 0.197 e. The van der Waals surface area contributed by atoms with Crippen LogP contribution in [0.15, 0.2) is 6.07 Å². The van der Waals surface area contributed by atoms with Gasteiger partial charge in [-0.2, -0.15) is 0 Å². The van der Waals surface area contributed by atoms with Crippen molar-refractivity contribution < 1.29 is 17.6 Å². The van der Waals surface area contributed by atoms with E-state index in [1.165, 1.54) is 0 Å². The van der Waals surface area contributed by atoms with Gasteiger partial charge >= 0.3 is 0 Å². The van der Waals surface area contributed by atoms with Crippen molar-refractivity contribution in [2.45, 2.75) is 17.7 Å². The Bertz CT molecular complexity index is 401. The number of benzene rings is 1. The molecule has 1 saturated carbocycles. The van der Waals surface area contributed by atoms with Crippen molar-refractivity contribution in [3.63, 3.8) is 0 Å². The van der Waals surface area contributed by atoms with E-state index in [9.17, 15) is 17.6 Å². The third-order valence-electron chi connectivity index (χ3n) is 2.46. The maximum absolute atomic E-state index is 13.3. The predicted molar refractivity (Wildman–Crippen MR) is 50.7 cm³/mol. The van der Waals surface area contributed by atoms with E-state index in [-0.39, 0.29) is 11.5 Å². The lowest BCUT2D eigenvalue weighted by atomic mass is 10.1. The summed E-state index contributed by atoms with van der Waals surface area (Å²) < 4.78 is 51.7. The van der Waals surface area contributed by atoms with Gasteiger partial charge < -0.3 is 0 Å². The van der Waals surface area contributed by atoms with Crippen molar-refractivity contribution >= 4 is 15.9 Å². The number of hydrogen-bond acceptors (Lipinski definition) is 0. The van der Waals surface area contributed by atoms with Crippen molar-refractivity contribution in [1.29, 1.82) is 0 Å². The van der Waals surface area contributed by atoms with E-state index in [1.807, 2.05) is 0 Å². The average Bonchev–Trinajstić information content (AvgIpc) is 3.03. The molecule has 0 heterocycles. The molecule has 0 aromatic heterocycles. The topological polar surface area (TPSA) is 0 Å². The SMILES string of the molecule is Fc1cc(C(Br)C2CC2)c(F)c(F)c1F. The Labute approximate surface area is 92.4 Å². The number of halogens is 5. The number of rotatable bonds is 2. The van der Waals surface area contributed by atoms with E-state index in [1.54, 1.807) is 0 Å². The molecule has 82 valence electrons. The molecule has 0 nitrogen and oxygen atoms in total. The van der Waals surface area contributed by atoms with Crippen LogP contribution in [0.1, 0.15) is 23.2 Å². The number of alkyl halides is 1. The Hall–Kier alpha value is -0.580. The molecule has 1 aliphatic carbocycles. The molecule has 2 rings (SSSR count). The van der Waals surface area contributed by atoms with Crippen LogP contribution < -0.4 is 0 Å². The molecule has 1 atom stereocenters. The molecule has 0 aliphatic heterocycles. The predicted octanol–water partition coefficient (Wildman–Crippen LogP) is 4.09. The second-order valence-corrected chi connectivity index (χ2v) is 4.62. The normalized spacial score (nSPS) is 17.9. The van der Waals surface area contributed by atoms with Gasteiger partial charge in [-0.3, -0.25) is 0 Å². The molecule has 0 saturated heterocycles. The molecule has 0 bridgehead atoms. The highest BCUT2D eigenvalue weighted by molar-refractivity contribution is 9.09. The van der Waals surface area contributed by atoms with Crippen molar-refractivity contribution in [2.75, 3.05) is 0 Å². The summed E-state index contributed by atoms with van der Waals surface area (Å²) in [5.74, 6) is -5.97. The first-order valence-corrected chi connectivity index (χ1v) is 5.41. The van der Waals surface area contributed by atoms with Crippen molar-refractivity contribution in [2.24, 2.45) is 5.92 Å². The fourth-order valence-electron chi connectivity index (χ4n) is 1.43. The first-order valence-electron chi connectivity index (χ1n) is 4.49. The van der Waals surface area contributed by atoms with Gasteiger partial charge in [0.15, 0.2) is 23.3 Å². The van der Waals surface area contributed by atoms with E-state index in [4.69, 9.17) is 0 Å². The Morgan fingerprint density at radius 2 is 1.67 bits per heavy atom. The van der Waals surface area contributed by atoms with Crippen LogP contribution in [-0.4, -0.2) is 0 Å². The van der Waals surface area contributed by atoms with Crippen LogP contribution in [0.3, 0.4) is 0 Å². The zero-order valence-corrected chi connectivity index (χ0v) is 9.12. The van der Waals surface area contributed by atoms with Crippen LogP contribution in [0.5, 0.6) is 0 Å². The van der Waals surface area contributed by atoms with Crippen molar-refractivity contribution in [3.8, 4) is 0 Å². The van der Waals surface area contributed by atoms with E-state index < -0.39 is 28.1 Å². The third-order valence-corrected chi connectivity index (χ3v) is 3.70. The van der Waals surface area contributed by atoms with Gasteiger partial charge in [0.1, 0.15) is 0 Å². The Morgan fingerprint density at radius 3 is 2.20 bits per heavy atom. The van der Waals surface area contributed by atoms with Gasteiger partial charge in [-0.15, -0.1) is 0 Å². The maximum Gasteiger partial charge on any atom is 0.197 e. The molecule has 1 aromatic rings. The van der Waals surface area contributed by atoms with Gasteiger partial charge in [0.05, 0.1) is 0 Å². The molecule has 1 fully saturated rings. The lowest BCUT2D eigenvalue weighted by Crippen LogP contribution is -2.04. The molecular weight excluding hydrogens is 276 g/mol. The van der Waals surface area contributed by atoms with Crippen LogP contribution in [-0.2, 0) is 0 Å². The molecule has 0 N–H and O–H groups in total. The monoisotopic (exact) mass is 282 g/mol. The third kappa shape index (κ3) is 1.89. The summed E-state index contributed by atoms with van der Waals surface area (Å²) >= 11 is 3.16. The van der Waals surface area contributed by atoms with Crippen LogP contribution in [0.4, 0.5) is 17.6 Å². The fourth-order valence-corrected chi connectivity index (χ4v) is 2.30. The highest BCUT2D eigenvalue weighted by atomic mass is 79.9. The van der Waals surface area contributed by atoms with E-state index in [0.29, 0.717) is 6.07 Å². The van der Waals surface area contributed by atoms with E-state index in [2.05, 4.69) is 15.9 Å². The standard InChI is InChI=1S/C10H7BrF4/c11-7(4-1-2-4)5-3-6(12)9(14)10(15)8(5)13/h3-4,7H,1-2H2. The second kappa shape index (κ2) is 3.77. The average molecular weight is 283 g/mol. The molecule has 0 spiro atoms. The van der Waals surface area contributed by atoms with Gasteiger partial charge in [0, 0.05) is 10.4 Å². The summed E-state index contributed by atoms with van der Waals surface area (Å²) in [6, 6.07) is 0.714. The second-order valence-electron chi connectivity index (χ2n) is 3.63. The van der Waals surface area contributed by atoms with Crippen LogP contribution >= 0.6 is 15.9 Å². The van der Waals surface area contributed by atoms with E-state index >= 15 is 0 Å². The summed E-state index contributed by atoms with van der Waals surface area (Å²) in [5.41, 5.74) is -0.145. The van der Waals surface area contributed by atoms with Gasteiger partial charge in [-0.1, -0.05) is 15.9 Å².